The van der Waals surface area contributed by atoms with Gasteiger partial charge in [-0.3, -0.25) is 19.2 Å². The number of hydrogen-bond donors (Lipinski definition) is 4. The number of carbonyl (C=O) groups is 4. The molecule has 4 N–H and O–H groups in total. The van der Waals surface area contributed by atoms with Gasteiger partial charge >= 0.3 is 0 Å². The zero-order valence-corrected chi connectivity index (χ0v) is 27.4. The molecule has 3 heterocycles. The number of amides is 4. The monoisotopic (exact) mass is 648 g/mol. The summed E-state index contributed by atoms with van der Waals surface area (Å²) < 4.78 is 11.7. The van der Waals surface area contributed by atoms with E-state index in [0.29, 0.717) is 38.6 Å². The molecule has 0 unspecified atom stereocenters. The van der Waals surface area contributed by atoms with Gasteiger partial charge in [0.25, 0.3) is 0 Å². The van der Waals surface area contributed by atoms with Gasteiger partial charge in [-0.2, -0.15) is 0 Å². The van der Waals surface area contributed by atoms with Crippen LogP contribution in [0.25, 0.3) is 0 Å². The molecule has 4 amide bonds. The van der Waals surface area contributed by atoms with Crippen LogP contribution in [-0.4, -0.2) is 88.9 Å². The lowest BCUT2D eigenvalue weighted by molar-refractivity contribution is -0.149. The van der Waals surface area contributed by atoms with Gasteiger partial charge in [-0.1, -0.05) is 79.9 Å². The van der Waals surface area contributed by atoms with E-state index in [9.17, 15) is 24.3 Å². The van der Waals surface area contributed by atoms with Crippen LogP contribution in [0.4, 0.5) is 0 Å². The lowest BCUT2D eigenvalue weighted by Crippen LogP contribution is -2.61. The highest BCUT2D eigenvalue weighted by Gasteiger charge is 2.42. The van der Waals surface area contributed by atoms with E-state index in [1.165, 1.54) is 0 Å². The first kappa shape index (κ1) is 34.5. The van der Waals surface area contributed by atoms with Gasteiger partial charge in [0.2, 0.25) is 23.6 Å². The van der Waals surface area contributed by atoms with Crippen molar-refractivity contribution >= 4 is 23.6 Å². The normalized spacial score (nSPS) is 28.1. The highest BCUT2D eigenvalue weighted by molar-refractivity contribution is 5.98. The Hall–Kier alpha value is -3.80. The van der Waals surface area contributed by atoms with Crippen LogP contribution >= 0.6 is 0 Å². The fourth-order valence-corrected chi connectivity index (χ4v) is 6.87. The number of aliphatic hydroxyl groups excluding tert-OH is 1. The van der Waals surface area contributed by atoms with E-state index < -0.39 is 41.8 Å². The summed E-state index contributed by atoms with van der Waals surface area (Å²) in [5, 5.41) is 18.5. The van der Waals surface area contributed by atoms with Crippen molar-refractivity contribution in [2.24, 2.45) is 0 Å². The molecular formula is C36H48N4O7. The van der Waals surface area contributed by atoms with Crippen molar-refractivity contribution in [3.05, 3.63) is 71.8 Å². The molecule has 0 spiro atoms. The van der Waals surface area contributed by atoms with Crippen LogP contribution in [0, 0.1) is 0 Å². The van der Waals surface area contributed by atoms with Crippen LogP contribution in [0.15, 0.2) is 60.7 Å². The number of ether oxygens (including phenoxy) is 2. The topological polar surface area (TPSA) is 146 Å². The summed E-state index contributed by atoms with van der Waals surface area (Å²) in [6, 6.07) is 15.4. The highest BCUT2D eigenvalue weighted by Crippen LogP contribution is 2.31. The highest BCUT2D eigenvalue weighted by atomic mass is 16.8. The molecule has 11 heteroatoms. The predicted octanol–water partition coefficient (Wildman–Crippen LogP) is 2.39. The van der Waals surface area contributed by atoms with E-state index in [0.717, 1.165) is 24.0 Å². The molecule has 0 aliphatic carbocycles. The molecule has 0 aromatic heterocycles. The zero-order valence-electron chi connectivity index (χ0n) is 27.4. The molecule has 11 nitrogen and oxygen atoms in total. The SMILES string of the molecule is CC1(C)O[C@@H](CO)[C@H](CCCCC[C@@H]2NC(=O)[C@H]3CCCN3C(=O)[C@H](Cc3ccccc3)NC(=O)[C@H](Cc3ccccc3)NC2=O)O1. The Labute approximate surface area is 276 Å². The van der Waals surface area contributed by atoms with Gasteiger partial charge in [0.1, 0.15) is 30.3 Å². The van der Waals surface area contributed by atoms with Crippen molar-refractivity contribution in [3.8, 4) is 0 Å². The fourth-order valence-electron chi connectivity index (χ4n) is 6.87. The number of hydrogen-bond acceptors (Lipinski definition) is 7. The average Bonchev–Trinajstić information content (AvgIpc) is 3.67. The molecule has 3 aliphatic heterocycles. The summed E-state index contributed by atoms with van der Waals surface area (Å²) >= 11 is 0. The third-order valence-electron chi connectivity index (χ3n) is 9.23. The minimum atomic E-state index is -0.956. The second-order valence-electron chi connectivity index (χ2n) is 13.3. The Morgan fingerprint density at radius 2 is 1.28 bits per heavy atom. The number of fused-ring (bicyclic) bond motifs is 1. The first-order valence-corrected chi connectivity index (χ1v) is 16.9. The molecular weight excluding hydrogens is 600 g/mol. The third-order valence-corrected chi connectivity index (χ3v) is 9.23. The van der Waals surface area contributed by atoms with Gasteiger partial charge in [-0.15, -0.1) is 0 Å². The molecule has 0 bridgehead atoms. The van der Waals surface area contributed by atoms with Gasteiger partial charge in [0, 0.05) is 19.4 Å². The predicted molar refractivity (Wildman–Crippen MR) is 175 cm³/mol. The quantitative estimate of drug-likeness (QED) is 0.274. The molecule has 3 saturated heterocycles. The van der Waals surface area contributed by atoms with Crippen molar-refractivity contribution in [1.29, 1.82) is 0 Å². The molecule has 5 rings (SSSR count). The van der Waals surface area contributed by atoms with Gasteiger partial charge in [-0.25, -0.2) is 0 Å². The van der Waals surface area contributed by atoms with Crippen molar-refractivity contribution < 1.29 is 33.8 Å². The van der Waals surface area contributed by atoms with Gasteiger partial charge in [0.05, 0.1) is 12.7 Å². The van der Waals surface area contributed by atoms with Gasteiger partial charge < -0.3 is 35.4 Å². The largest absolute Gasteiger partial charge is 0.394 e. The van der Waals surface area contributed by atoms with E-state index in [-0.39, 0.29) is 43.5 Å². The molecule has 0 radical (unpaired) electrons. The Morgan fingerprint density at radius 1 is 0.723 bits per heavy atom. The number of unbranched alkanes of at least 4 members (excludes halogenated alkanes) is 2. The van der Waals surface area contributed by atoms with Gasteiger partial charge in [0.15, 0.2) is 5.79 Å². The van der Waals surface area contributed by atoms with Crippen LogP contribution in [-0.2, 0) is 41.5 Å². The maximum atomic E-state index is 14.0. The summed E-state index contributed by atoms with van der Waals surface area (Å²) in [5.74, 6) is -2.28. The summed E-state index contributed by atoms with van der Waals surface area (Å²) in [5.41, 5.74) is 1.73. The van der Waals surface area contributed by atoms with Crippen LogP contribution in [0.5, 0.6) is 0 Å². The minimum Gasteiger partial charge on any atom is -0.394 e. The molecule has 2 aromatic rings. The number of nitrogens with one attached hydrogen (secondary N) is 3. The maximum Gasteiger partial charge on any atom is 0.246 e. The Bertz CT molecular complexity index is 1370. The molecule has 6 atom stereocenters. The van der Waals surface area contributed by atoms with Crippen LogP contribution in [0.1, 0.15) is 69.9 Å². The van der Waals surface area contributed by atoms with Crippen LogP contribution in [0.3, 0.4) is 0 Å². The Balaban J connectivity index is 1.32. The fraction of sp³-hybridized carbons (Fsp3) is 0.556. The first-order chi connectivity index (χ1) is 22.6. The number of carbonyl (C=O) groups excluding carboxylic acids is 4. The summed E-state index contributed by atoms with van der Waals surface area (Å²) in [4.78, 5) is 57.0. The van der Waals surface area contributed by atoms with E-state index >= 15 is 0 Å². The van der Waals surface area contributed by atoms with E-state index in [4.69, 9.17) is 9.47 Å². The van der Waals surface area contributed by atoms with Crippen molar-refractivity contribution in [2.75, 3.05) is 13.2 Å². The summed E-state index contributed by atoms with van der Waals surface area (Å²) in [6.07, 6.45) is 4.29. The third kappa shape index (κ3) is 9.18. The van der Waals surface area contributed by atoms with Crippen molar-refractivity contribution in [3.63, 3.8) is 0 Å². The summed E-state index contributed by atoms with van der Waals surface area (Å²) in [6.45, 7) is 3.94. The second-order valence-corrected chi connectivity index (χ2v) is 13.3. The average molecular weight is 649 g/mol. The summed E-state index contributed by atoms with van der Waals surface area (Å²) in [7, 11) is 0. The lowest BCUT2D eigenvalue weighted by atomic mass is 9.99. The van der Waals surface area contributed by atoms with Crippen molar-refractivity contribution in [2.45, 2.75) is 114 Å². The number of nitrogens with zero attached hydrogens (tertiary/aromatic N) is 1. The molecule has 3 fully saturated rings. The van der Waals surface area contributed by atoms with Crippen molar-refractivity contribution in [1.82, 2.24) is 20.9 Å². The maximum absolute atomic E-state index is 14.0. The number of benzene rings is 2. The molecule has 254 valence electrons. The Kier molecular flexibility index (Phi) is 11.7. The van der Waals surface area contributed by atoms with Gasteiger partial charge in [-0.05, 0) is 50.7 Å². The lowest BCUT2D eigenvalue weighted by Gasteiger charge is -2.32. The zero-order chi connectivity index (χ0) is 33.4. The molecule has 47 heavy (non-hydrogen) atoms. The van der Waals surface area contributed by atoms with E-state index in [2.05, 4.69) is 16.0 Å². The second kappa shape index (κ2) is 15.9. The molecule has 3 aliphatic rings. The van der Waals surface area contributed by atoms with Crippen LogP contribution in [0.2, 0.25) is 0 Å². The van der Waals surface area contributed by atoms with Crippen LogP contribution < -0.4 is 16.0 Å². The van der Waals surface area contributed by atoms with E-state index in [1.807, 2.05) is 74.5 Å². The number of rotatable bonds is 11. The van der Waals surface area contributed by atoms with E-state index in [1.54, 1.807) is 4.90 Å². The number of aliphatic hydroxyl groups is 1. The first-order valence-electron chi connectivity index (χ1n) is 16.9. The Morgan fingerprint density at radius 3 is 1.94 bits per heavy atom. The standard InChI is InChI=1S/C36H48N4O7/c1-36(2)46-30(31(23-41)47-36)19-11-5-10-17-26-32(42)38-27(21-24-13-6-3-7-14-24)33(43)39-28(22-25-15-8-4-9-16-25)35(45)40-20-12-18-29(40)34(44)37-26/h3-4,6-9,13-16,26-31,41H,5,10-12,17-23H2,1-2H3,(H,37,44)(H,38,42)(H,39,43)/t26-,27-,28-,29+,30-,31-/m0/s1. The molecule has 2 aromatic carbocycles. The smallest absolute Gasteiger partial charge is 0.246 e. The molecule has 0 saturated carbocycles. The minimum absolute atomic E-state index is 0.117.